The Morgan fingerprint density at radius 2 is 2.12 bits per heavy atom. The van der Waals surface area contributed by atoms with E-state index in [2.05, 4.69) is 55.2 Å². The van der Waals surface area contributed by atoms with Crippen LogP contribution in [-0.2, 0) is 0 Å². The molecule has 0 amide bonds. The van der Waals surface area contributed by atoms with Crippen LogP contribution in [0.2, 0.25) is 0 Å². The molecule has 2 atom stereocenters. The number of rotatable bonds is 4. The molecule has 1 N–H and O–H groups in total. The van der Waals surface area contributed by atoms with Gasteiger partial charge in [-0.3, -0.25) is 0 Å². The van der Waals surface area contributed by atoms with E-state index in [-0.39, 0.29) is 0 Å². The van der Waals surface area contributed by atoms with Crippen molar-refractivity contribution in [3.05, 3.63) is 35.4 Å². The fourth-order valence-corrected chi connectivity index (χ4v) is 3.30. The lowest BCUT2D eigenvalue weighted by atomic mass is 10.1. The lowest BCUT2D eigenvalue weighted by Gasteiger charge is -2.17. The van der Waals surface area contributed by atoms with Crippen molar-refractivity contribution in [2.24, 2.45) is 0 Å². The summed E-state index contributed by atoms with van der Waals surface area (Å²) in [7, 11) is 0. The van der Waals surface area contributed by atoms with Crippen molar-refractivity contribution in [1.82, 2.24) is 5.32 Å². The number of hydrogen-bond acceptors (Lipinski definition) is 2. The number of hydrogen-bond donors (Lipinski definition) is 1. The maximum absolute atomic E-state index is 3.64. The first-order chi connectivity index (χ1) is 7.75. The number of thioether (sulfide) groups is 1. The van der Waals surface area contributed by atoms with Gasteiger partial charge in [0.15, 0.2) is 0 Å². The average Bonchev–Trinajstić information content (AvgIpc) is 2.80. The summed E-state index contributed by atoms with van der Waals surface area (Å²) in [5.41, 5.74) is 2.73. The fraction of sp³-hybridized carbons (Fsp3) is 0.571. The largest absolute Gasteiger partial charge is 0.309 e. The van der Waals surface area contributed by atoms with Crippen LogP contribution in [0.3, 0.4) is 0 Å². The molecule has 0 bridgehead atoms. The standard InChI is InChI=1S/C14H21NS/c1-11-5-7-13(8-6-11)12(2)15-10-14-4-3-9-16-14/h5-8,12,14-15H,3-4,9-10H2,1-2H3. The van der Waals surface area contributed by atoms with Gasteiger partial charge in [0.25, 0.3) is 0 Å². The number of benzene rings is 1. The summed E-state index contributed by atoms with van der Waals surface area (Å²) in [6.07, 6.45) is 2.79. The second-order valence-electron chi connectivity index (χ2n) is 4.68. The van der Waals surface area contributed by atoms with Gasteiger partial charge in [-0.2, -0.15) is 11.8 Å². The highest BCUT2D eigenvalue weighted by Crippen LogP contribution is 2.26. The average molecular weight is 235 g/mol. The summed E-state index contributed by atoms with van der Waals surface area (Å²) in [6, 6.07) is 9.32. The van der Waals surface area contributed by atoms with E-state index < -0.39 is 0 Å². The molecule has 1 nitrogen and oxygen atoms in total. The van der Waals surface area contributed by atoms with E-state index in [1.807, 2.05) is 0 Å². The first kappa shape index (κ1) is 12.0. The minimum absolute atomic E-state index is 0.474. The Bertz CT molecular complexity index is 314. The van der Waals surface area contributed by atoms with Crippen molar-refractivity contribution in [2.45, 2.75) is 38.0 Å². The minimum Gasteiger partial charge on any atom is -0.309 e. The van der Waals surface area contributed by atoms with Crippen LogP contribution < -0.4 is 5.32 Å². The lowest BCUT2D eigenvalue weighted by Crippen LogP contribution is -2.26. The van der Waals surface area contributed by atoms with E-state index in [1.54, 1.807) is 0 Å². The Balaban J connectivity index is 1.82. The van der Waals surface area contributed by atoms with E-state index in [4.69, 9.17) is 0 Å². The Labute approximate surface area is 103 Å². The molecule has 0 aromatic heterocycles. The molecule has 1 aliphatic heterocycles. The van der Waals surface area contributed by atoms with E-state index in [9.17, 15) is 0 Å². The highest BCUT2D eigenvalue weighted by atomic mass is 32.2. The molecule has 0 aliphatic carbocycles. The SMILES string of the molecule is Cc1ccc(C(C)NCC2CCCS2)cc1. The first-order valence-corrected chi connectivity index (χ1v) is 7.22. The summed E-state index contributed by atoms with van der Waals surface area (Å²) in [6.45, 7) is 5.54. The summed E-state index contributed by atoms with van der Waals surface area (Å²) in [5.74, 6) is 1.35. The molecule has 16 heavy (non-hydrogen) atoms. The Morgan fingerprint density at radius 1 is 1.38 bits per heavy atom. The second-order valence-corrected chi connectivity index (χ2v) is 6.08. The van der Waals surface area contributed by atoms with Gasteiger partial charge in [-0.25, -0.2) is 0 Å². The van der Waals surface area contributed by atoms with Crippen molar-refractivity contribution in [3.63, 3.8) is 0 Å². The molecular formula is C14H21NS. The van der Waals surface area contributed by atoms with Crippen LogP contribution in [0.5, 0.6) is 0 Å². The van der Waals surface area contributed by atoms with Crippen molar-refractivity contribution in [1.29, 1.82) is 0 Å². The highest BCUT2D eigenvalue weighted by molar-refractivity contribution is 8.00. The molecule has 2 unspecified atom stereocenters. The Hall–Kier alpha value is -0.470. The van der Waals surface area contributed by atoms with Gasteiger partial charge in [-0.1, -0.05) is 29.8 Å². The van der Waals surface area contributed by atoms with Gasteiger partial charge < -0.3 is 5.32 Å². The number of aryl methyl sites for hydroxylation is 1. The molecule has 0 saturated carbocycles. The fourth-order valence-electron chi connectivity index (χ4n) is 2.09. The lowest BCUT2D eigenvalue weighted by molar-refractivity contribution is 0.559. The van der Waals surface area contributed by atoms with Gasteiger partial charge in [0.05, 0.1) is 0 Å². The molecule has 1 aliphatic rings. The third kappa shape index (κ3) is 3.26. The molecule has 1 saturated heterocycles. The molecule has 0 radical (unpaired) electrons. The van der Waals surface area contributed by atoms with E-state index >= 15 is 0 Å². The minimum atomic E-state index is 0.474. The molecule has 0 spiro atoms. The topological polar surface area (TPSA) is 12.0 Å². The molecule has 1 aromatic carbocycles. The molecule has 88 valence electrons. The van der Waals surface area contributed by atoms with E-state index in [1.165, 1.54) is 29.7 Å². The predicted octanol–water partition coefficient (Wildman–Crippen LogP) is 3.54. The number of nitrogens with one attached hydrogen (secondary N) is 1. The maximum Gasteiger partial charge on any atom is 0.0292 e. The van der Waals surface area contributed by atoms with Crippen molar-refractivity contribution >= 4 is 11.8 Å². The zero-order valence-electron chi connectivity index (χ0n) is 10.2. The Kier molecular flexibility index (Phi) is 4.30. The molecule has 1 aromatic rings. The van der Waals surface area contributed by atoms with Crippen LogP contribution in [0.1, 0.15) is 36.9 Å². The van der Waals surface area contributed by atoms with Crippen molar-refractivity contribution in [2.75, 3.05) is 12.3 Å². The molecule has 2 heteroatoms. The predicted molar refractivity (Wildman–Crippen MR) is 73.1 cm³/mol. The maximum atomic E-state index is 3.64. The van der Waals surface area contributed by atoms with Gasteiger partial charge in [0.1, 0.15) is 0 Å². The van der Waals surface area contributed by atoms with Crippen LogP contribution in [0.4, 0.5) is 0 Å². The monoisotopic (exact) mass is 235 g/mol. The van der Waals surface area contributed by atoms with Gasteiger partial charge in [-0.15, -0.1) is 0 Å². The van der Waals surface area contributed by atoms with E-state index in [0.717, 1.165) is 11.8 Å². The van der Waals surface area contributed by atoms with Gasteiger partial charge in [0.2, 0.25) is 0 Å². The van der Waals surface area contributed by atoms with Gasteiger partial charge in [0, 0.05) is 17.8 Å². The summed E-state index contributed by atoms with van der Waals surface area (Å²) in [5, 5.41) is 4.48. The molecular weight excluding hydrogens is 214 g/mol. The zero-order valence-corrected chi connectivity index (χ0v) is 11.0. The summed E-state index contributed by atoms with van der Waals surface area (Å²) < 4.78 is 0. The molecule has 2 rings (SSSR count). The van der Waals surface area contributed by atoms with Crippen molar-refractivity contribution < 1.29 is 0 Å². The van der Waals surface area contributed by atoms with Crippen LogP contribution in [0.25, 0.3) is 0 Å². The van der Waals surface area contributed by atoms with Crippen LogP contribution in [-0.4, -0.2) is 17.5 Å². The molecule has 1 fully saturated rings. The van der Waals surface area contributed by atoms with Gasteiger partial charge in [-0.05, 0) is 38.0 Å². The normalized spacial score (nSPS) is 22.2. The molecule has 1 heterocycles. The smallest absolute Gasteiger partial charge is 0.0292 e. The second kappa shape index (κ2) is 5.74. The summed E-state index contributed by atoms with van der Waals surface area (Å²) in [4.78, 5) is 0. The van der Waals surface area contributed by atoms with E-state index in [0.29, 0.717) is 6.04 Å². The quantitative estimate of drug-likeness (QED) is 0.856. The van der Waals surface area contributed by atoms with Crippen LogP contribution >= 0.6 is 11.8 Å². The third-order valence-electron chi connectivity index (χ3n) is 3.25. The van der Waals surface area contributed by atoms with Crippen molar-refractivity contribution in [3.8, 4) is 0 Å². The van der Waals surface area contributed by atoms with Crippen LogP contribution in [0, 0.1) is 6.92 Å². The zero-order chi connectivity index (χ0) is 11.4. The first-order valence-electron chi connectivity index (χ1n) is 6.17. The summed E-state index contributed by atoms with van der Waals surface area (Å²) >= 11 is 2.12. The third-order valence-corrected chi connectivity index (χ3v) is 4.65. The van der Waals surface area contributed by atoms with Gasteiger partial charge >= 0.3 is 0 Å². The Morgan fingerprint density at radius 3 is 2.75 bits per heavy atom. The highest BCUT2D eigenvalue weighted by Gasteiger charge is 2.16. The van der Waals surface area contributed by atoms with Crippen LogP contribution in [0.15, 0.2) is 24.3 Å².